The van der Waals surface area contributed by atoms with Crippen molar-refractivity contribution in [3.8, 4) is 0 Å². The highest BCUT2D eigenvalue weighted by Gasteiger charge is 2.16. The summed E-state index contributed by atoms with van der Waals surface area (Å²) in [6.07, 6.45) is 3.44. The van der Waals surface area contributed by atoms with Crippen molar-refractivity contribution in [2.45, 2.75) is 33.6 Å². The van der Waals surface area contributed by atoms with Gasteiger partial charge in [0, 0.05) is 17.8 Å². The van der Waals surface area contributed by atoms with Crippen LogP contribution in [0.1, 0.15) is 31.4 Å². The van der Waals surface area contributed by atoms with Crippen LogP contribution in [-0.4, -0.2) is 16.5 Å². The summed E-state index contributed by atoms with van der Waals surface area (Å²) in [6, 6.07) is 8.45. The first-order valence-corrected chi connectivity index (χ1v) is 7.38. The van der Waals surface area contributed by atoms with E-state index in [1.165, 1.54) is 11.9 Å². The van der Waals surface area contributed by atoms with Gasteiger partial charge < -0.3 is 4.90 Å². The quantitative estimate of drug-likeness (QED) is 0.756. The van der Waals surface area contributed by atoms with Gasteiger partial charge in [-0.05, 0) is 32.4 Å². The molecule has 0 radical (unpaired) electrons. The molecule has 0 bridgehead atoms. The third kappa shape index (κ3) is 3.10. The van der Waals surface area contributed by atoms with Crippen LogP contribution in [0.25, 0.3) is 0 Å². The first kappa shape index (κ1) is 14.8. The van der Waals surface area contributed by atoms with E-state index in [2.05, 4.69) is 59.9 Å². The standard InChI is InChI=1S/C16H20ClN3/c1-4-6-14-15(17)18-11-19-16(14)20(5-2)13-9-7-12(3)8-10-13/h7-11H,4-6H2,1-3H3. The predicted octanol–water partition coefficient (Wildman–Crippen LogP) is 4.55. The van der Waals surface area contributed by atoms with Crippen LogP contribution in [0, 0.1) is 6.92 Å². The van der Waals surface area contributed by atoms with E-state index in [-0.39, 0.29) is 0 Å². The molecule has 0 unspecified atom stereocenters. The van der Waals surface area contributed by atoms with Crippen LogP contribution in [0.4, 0.5) is 11.5 Å². The number of hydrogen-bond acceptors (Lipinski definition) is 3. The first-order chi connectivity index (χ1) is 9.67. The maximum atomic E-state index is 6.24. The maximum absolute atomic E-state index is 6.24. The molecule has 0 aliphatic carbocycles. The van der Waals surface area contributed by atoms with Crippen molar-refractivity contribution in [3.63, 3.8) is 0 Å². The molecule has 0 N–H and O–H groups in total. The zero-order valence-electron chi connectivity index (χ0n) is 12.2. The normalized spacial score (nSPS) is 10.6. The summed E-state index contributed by atoms with van der Waals surface area (Å²) in [7, 11) is 0. The molecule has 0 fully saturated rings. The molecule has 106 valence electrons. The van der Waals surface area contributed by atoms with E-state index in [9.17, 15) is 0 Å². The average Bonchev–Trinajstić information content (AvgIpc) is 2.45. The van der Waals surface area contributed by atoms with E-state index >= 15 is 0 Å². The minimum atomic E-state index is 0.558. The Bertz CT molecular complexity index is 566. The highest BCUT2D eigenvalue weighted by molar-refractivity contribution is 6.30. The van der Waals surface area contributed by atoms with Gasteiger partial charge in [0.15, 0.2) is 0 Å². The number of aromatic nitrogens is 2. The lowest BCUT2D eigenvalue weighted by atomic mass is 10.1. The van der Waals surface area contributed by atoms with Crippen LogP contribution in [0.15, 0.2) is 30.6 Å². The van der Waals surface area contributed by atoms with Gasteiger partial charge in [-0.3, -0.25) is 0 Å². The van der Waals surface area contributed by atoms with Crippen LogP contribution in [0.2, 0.25) is 5.15 Å². The van der Waals surface area contributed by atoms with Crippen LogP contribution < -0.4 is 4.90 Å². The molecule has 4 heteroatoms. The third-order valence-corrected chi connectivity index (χ3v) is 3.61. The molecule has 0 amide bonds. The molecule has 20 heavy (non-hydrogen) atoms. The van der Waals surface area contributed by atoms with E-state index in [0.29, 0.717) is 5.15 Å². The van der Waals surface area contributed by atoms with Crippen molar-refractivity contribution < 1.29 is 0 Å². The van der Waals surface area contributed by atoms with Crippen molar-refractivity contribution in [3.05, 3.63) is 46.9 Å². The summed E-state index contributed by atoms with van der Waals surface area (Å²) in [5.74, 6) is 0.915. The monoisotopic (exact) mass is 289 g/mol. The molecule has 0 aliphatic heterocycles. The largest absolute Gasteiger partial charge is 0.326 e. The summed E-state index contributed by atoms with van der Waals surface area (Å²) in [6.45, 7) is 7.18. The Kier molecular flexibility index (Phi) is 4.96. The molecule has 0 spiro atoms. The third-order valence-electron chi connectivity index (χ3n) is 3.29. The number of rotatable bonds is 5. The summed E-state index contributed by atoms with van der Waals surface area (Å²) in [5, 5.41) is 0.558. The van der Waals surface area contributed by atoms with E-state index in [4.69, 9.17) is 11.6 Å². The summed E-state index contributed by atoms with van der Waals surface area (Å²) in [4.78, 5) is 10.7. The van der Waals surface area contributed by atoms with Crippen LogP contribution in [0.3, 0.4) is 0 Å². The van der Waals surface area contributed by atoms with Crippen LogP contribution in [-0.2, 0) is 6.42 Å². The zero-order valence-corrected chi connectivity index (χ0v) is 13.0. The highest BCUT2D eigenvalue weighted by atomic mass is 35.5. The summed E-state index contributed by atoms with van der Waals surface area (Å²) in [5.41, 5.74) is 3.41. The zero-order chi connectivity index (χ0) is 14.5. The highest BCUT2D eigenvalue weighted by Crippen LogP contribution is 2.30. The second kappa shape index (κ2) is 6.71. The predicted molar refractivity (Wildman–Crippen MR) is 84.9 cm³/mol. The smallest absolute Gasteiger partial charge is 0.141 e. The minimum absolute atomic E-state index is 0.558. The Labute approximate surface area is 125 Å². The SMILES string of the molecule is CCCc1c(Cl)ncnc1N(CC)c1ccc(C)cc1. The van der Waals surface area contributed by atoms with Crippen molar-refractivity contribution in [2.24, 2.45) is 0 Å². The van der Waals surface area contributed by atoms with Crippen LogP contribution in [0.5, 0.6) is 0 Å². The summed E-state index contributed by atoms with van der Waals surface area (Å²) < 4.78 is 0. The topological polar surface area (TPSA) is 29.0 Å². The lowest BCUT2D eigenvalue weighted by Gasteiger charge is -2.24. The fourth-order valence-electron chi connectivity index (χ4n) is 2.26. The Morgan fingerprint density at radius 1 is 1.10 bits per heavy atom. The molecular formula is C16H20ClN3. The molecule has 1 aromatic carbocycles. The number of nitrogens with zero attached hydrogens (tertiary/aromatic N) is 3. The van der Waals surface area contributed by atoms with E-state index in [1.807, 2.05) is 0 Å². The molecule has 3 nitrogen and oxygen atoms in total. The first-order valence-electron chi connectivity index (χ1n) is 7.01. The maximum Gasteiger partial charge on any atom is 0.141 e. The van der Waals surface area contributed by atoms with Crippen molar-refractivity contribution in [2.75, 3.05) is 11.4 Å². The second-order valence-electron chi connectivity index (χ2n) is 4.80. The molecule has 1 heterocycles. The van der Waals surface area contributed by atoms with Gasteiger partial charge in [0.1, 0.15) is 17.3 Å². The van der Waals surface area contributed by atoms with E-state index in [1.54, 1.807) is 0 Å². The van der Waals surface area contributed by atoms with Gasteiger partial charge in [0.25, 0.3) is 0 Å². The Morgan fingerprint density at radius 2 is 1.80 bits per heavy atom. The molecule has 0 saturated carbocycles. The molecule has 2 rings (SSSR count). The number of anilines is 2. The van der Waals surface area contributed by atoms with Gasteiger partial charge in [0.05, 0.1) is 0 Å². The number of hydrogen-bond donors (Lipinski definition) is 0. The fourth-order valence-corrected chi connectivity index (χ4v) is 2.48. The van der Waals surface area contributed by atoms with Crippen LogP contribution >= 0.6 is 11.6 Å². The van der Waals surface area contributed by atoms with Crippen molar-refractivity contribution in [1.29, 1.82) is 0 Å². The number of benzene rings is 1. The van der Waals surface area contributed by atoms with E-state index < -0.39 is 0 Å². The Morgan fingerprint density at radius 3 is 2.40 bits per heavy atom. The second-order valence-corrected chi connectivity index (χ2v) is 5.15. The minimum Gasteiger partial charge on any atom is -0.326 e. The molecule has 0 atom stereocenters. The van der Waals surface area contributed by atoms with E-state index in [0.717, 1.165) is 36.5 Å². The fraction of sp³-hybridized carbons (Fsp3) is 0.375. The number of halogens is 1. The average molecular weight is 290 g/mol. The molecule has 0 aliphatic rings. The van der Waals surface area contributed by atoms with Crippen molar-refractivity contribution in [1.82, 2.24) is 9.97 Å². The Balaban J connectivity index is 2.46. The van der Waals surface area contributed by atoms with Gasteiger partial charge in [-0.2, -0.15) is 0 Å². The molecule has 0 saturated heterocycles. The molecule has 2 aromatic rings. The van der Waals surface area contributed by atoms with Gasteiger partial charge in [-0.25, -0.2) is 9.97 Å². The van der Waals surface area contributed by atoms with Gasteiger partial charge in [-0.15, -0.1) is 0 Å². The lowest BCUT2D eigenvalue weighted by molar-refractivity contribution is 0.876. The van der Waals surface area contributed by atoms with Crippen molar-refractivity contribution >= 4 is 23.1 Å². The lowest BCUT2D eigenvalue weighted by Crippen LogP contribution is -2.19. The van der Waals surface area contributed by atoms with Gasteiger partial charge in [0.2, 0.25) is 0 Å². The van der Waals surface area contributed by atoms with Gasteiger partial charge in [-0.1, -0.05) is 42.6 Å². The molecular weight excluding hydrogens is 270 g/mol. The van der Waals surface area contributed by atoms with Gasteiger partial charge >= 0.3 is 0 Å². The summed E-state index contributed by atoms with van der Waals surface area (Å²) >= 11 is 6.24. The Hall–Kier alpha value is -1.61. The number of aryl methyl sites for hydroxylation is 1. The molecule has 1 aromatic heterocycles.